The number of hydrogen-bond donors (Lipinski definition) is 2. The first-order valence-corrected chi connectivity index (χ1v) is 5.35. The maximum Gasteiger partial charge on any atom is 0.389 e. The number of rotatable bonds is 7. The van der Waals surface area contributed by atoms with Crippen LogP contribution in [-0.4, -0.2) is 24.8 Å². The molecule has 0 amide bonds. The maximum absolute atomic E-state index is 11.9. The van der Waals surface area contributed by atoms with Gasteiger partial charge in [-0.1, -0.05) is 6.92 Å². The zero-order chi connectivity index (χ0) is 11.9. The lowest BCUT2D eigenvalue weighted by atomic mass is 9.94. The predicted molar refractivity (Wildman–Crippen MR) is 55.7 cm³/mol. The summed E-state index contributed by atoms with van der Waals surface area (Å²) in [5.74, 6) is 0. The maximum atomic E-state index is 11.9. The summed E-state index contributed by atoms with van der Waals surface area (Å²) in [5.41, 5.74) is 5.19. The Bertz CT molecular complexity index is 171. The molecule has 0 saturated carbocycles. The van der Waals surface area contributed by atoms with Crippen LogP contribution in [0.3, 0.4) is 0 Å². The summed E-state index contributed by atoms with van der Waals surface area (Å²) < 4.78 is 35.8. The van der Waals surface area contributed by atoms with Crippen LogP contribution in [0, 0.1) is 0 Å². The van der Waals surface area contributed by atoms with Gasteiger partial charge in [0.15, 0.2) is 0 Å². The van der Waals surface area contributed by atoms with Crippen molar-refractivity contribution in [2.45, 2.75) is 51.2 Å². The van der Waals surface area contributed by atoms with E-state index in [1.807, 2.05) is 13.8 Å². The van der Waals surface area contributed by atoms with Crippen molar-refractivity contribution in [3.63, 3.8) is 0 Å². The summed E-state index contributed by atoms with van der Waals surface area (Å²) in [4.78, 5) is 0. The topological polar surface area (TPSA) is 38.0 Å². The number of halogens is 3. The van der Waals surface area contributed by atoms with Gasteiger partial charge < -0.3 is 11.1 Å². The fraction of sp³-hybridized carbons (Fsp3) is 1.00. The third-order valence-electron chi connectivity index (χ3n) is 2.44. The molecule has 0 aliphatic carbocycles. The number of hydrogen-bond acceptors (Lipinski definition) is 2. The van der Waals surface area contributed by atoms with Crippen LogP contribution in [0.15, 0.2) is 0 Å². The first kappa shape index (κ1) is 14.7. The van der Waals surface area contributed by atoms with Crippen molar-refractivity contribution in [1.29, 1.82) is 0 Å². The average Bonchev–Trinajstić information content (AvgIpc) is 2.13. The molecule has 1 atom stereocenters. The molecule has 0 aliphatic rings. The van der Waals surface area contributed by atoms with Gasteiger partial charge in [-0.3, -0.25) is 0 Å². The van der Waals surface area contributed by atoms with E-state index in [4.69, 9.17) is 5.73 Å². The van der Waals surface area contributed by atoms with Crippen molar-refractivity contribution in [3.8, 4) is 0 Å². The van der Waals surface area contributed by atoms with Crippen LogP contribution in [0.1, 0.15) is 39.5 Å². The van der Waals surface area contributed by atoms with Gasteiger partial charge in [0.05, 0.1) is 0 Å². The Morgan fingerprint density at radius 1 is 1.20 bits per heavy atom. The normalized spacial score (nSPS) is 16.4. The molecule has 1 unspecified atom stereocenters. The van der Waals surface area contributed by atoms with Crippen molar-refractivity contribution in [3.05, 3.63) is 0 Å². The molecule has 0 heterocycles. The fourth-order valence-electron chi connectivity index (χ4n) is 1.37. The number of nitrogens with one attached hydrogen (secondary N) is 1. The molecule has 3 N–H and O–H groups in total. The highest BCUT2D eigenvalue weighted by molar-refractivity contribution is 4.83. The minimum atomic E-state index is -4.06. The molecule has 0 aromatic rings. The van der Waals surface area contributed by atoms with Crippen molar-refractivity contribution in [2.75, 3.05) is 13.1 Å². The first-order chi connectivity index (χ1) is 6.83. The summed E-state index contributed by atoms with van der Waals surface area (Å²) in [7, 11) is 0. The highest BCUT2D eigenvalue weighted by Gasteiger charge is 2.29. The third kappa shape index (κ3) is 7.62. The Balaban J connectivity index is 3.87. The Hall–Kier alpha value is -0.290. The van der Waals surface area contributed by atoms with Crippen LogP contribution in [-0.2, 0) is 0 Å². The quantitative estimate of drug-likeness (QED) is 0.699. The number of nitrogens with two attached hydrogens (primary N) is 1. The second-order valence-electron chi connectivity index (χ2n) is 4.16. The molecule has 0 aromatic heterocycles. The summed E-state index contributed by atoms with van der Waals surface area (Å²) in [6.45, 7) is 5.04. The van der Waals surface area contributed by atoms with Gasteiger partial charge in [0.2, 0.25) is 0 Å². The van der Waals surface area contributed by atoms with E-state index in [1.165, 1.54) is 0 Å². The van der Waals surface area contributed by atoms with Crippen LogP contribution in [0.25, 0.3) is 0 Å². The summed E-state index contributed by atoms with van der Waals surface area (Å²) in [5, 5.41) is 3.19. The molecule has 0 rings (SSSR count). The van der Waals surface area contributed by atoms with E-state index >= 15 is 0 Å². The molecular weight excluding hydrogens is 205 g/mol. The smallest absolute Gasteiger partial charge is 0.329 e. The monoisotopic (exact) mass is 226 g/mol. The van der Waals surface area contributed by atoms with Gasteiger partial charge in [-0.2, -0.15) is 13.2 Å². The number of alkyl halides is 3. The molecule has 5 heteroatoms. The fourth-order valence-corrected chi connectivity index (χ4v) is 1.37. The van der Waals surface area contributed by atoms with Crippen LogP contribution >= 0.6 is 0 Å². The Labute approximate surface area is 89.4 Å². The molecular formula is C10H21F3N2. The standard InChI is InChI=1S/C10H21F3N2/c1-3-7-15-9(2,8-14)5-4-6-10(11,12)13/h15H,3-8,14H2,1-2H3. The first-order valence-electron chi connectivity index (χ1n) is 5.35. The molecule has 0 fully saturated rings. The van der Waals surface area contributed by atoms with Crippen LogP contribution in [0.4, 0.5) is 13.2 Å². The second-order valence-corrected chi connectivity index (χ2v) is 4.16. The molecule has 92 valence electrons. The lowest BCUT2D eigenvalue weighted by molar-refractivity contribution is -0.136. The summed E-state index contributed by atoms with van der Waals surface area (Å²) >= 11 is 0. The van der Waals surface area contributed by atoms with Gasteiger partial charge in [0.25, 0.3) is 0 Å². The van der Waals surface area contributed by atoms with Crippen LogP contribution in [0.5, 0.6) is 0 Å². The predicted octanol–water partition coefficient (Wildman–Crippen LogP) is 2.44. The zero-order valence-corrected chi connectivity index (χ0v) is 9.45. The van der Waals surface area contributed by atoms with Crippen molar-refractivity contribution < 1.29 is 13.2 Å². The molecule has 2 nitrogen and oxygen atoms in total. The molecule has 0 saturated heterocycles. The Morgan fingerprint density at radius 3 is 2.20 bits per heavy atom. The molecule has 0 aromatic carbocycles. The summed E-state index contributed by atoms with van der Waals surface area (Å²) in [6.07, 6.45) is -3.23. The Kier molecular flexibility index (Phi) is 6.20. The summed E-state index contributed by atoms with van der Waals surface area (Å²) in [6, 6.07) is 0. The van der Waals surface area contributed by atoms with Gasteiger partial charge in [0.1, 0.15) is 0 Å². The lowest BCUT2D eigenvalue weighted by Crippen LogP contribution is -2.48. The van der Waals surface area contributed by atoms with E-state index < -0.39 is 12.6 Å². The van der Waals surface area contributed by atoms with Gasteiger partial charge >= 0.3 is 6.18 Å². The van der Waals surface area contributed by atoms with E-state index in [-0.39, 0.29) is 12.0 Å². The Morgan fingerprint density at radius 2 is 1.80 bits per heavy atom. The minimum absolute atomic E-state index is 0.133. The van der Waals surface area contributed by atoms with Gasteiger partial charge in [0, 0.05) is 18.5 Å². The molecule has 0 radical (unpaired) electrons. The van der Waals surface area contributed by atoms with Crippen LogP contribution < -0.4 is 11.1 Å². The second kappa shape index (κ2) is 6.33. The van der Waals surface area contributed by atoms with Gasteiger partial charge in [-0.15, -0.1) is 0 Å². The SMILES string of the molecule is CCCNC(C)(CN)CCCC(F)(F)F. The van der Waals surface area contributed by atoms with Crippen molar-refractivity contribution >= 4 is 0 Å². The molecule has 0 spiro atoms. The minimum Gasteiger partial charge on any atom is -0.329 e. The molecule has 15 heavy (non-hydrogen) atoms. The molecule has 0 aliphatic heterocycles. The third-order valence-corrected chi connectivity index (χ3v) is 2.44. The van der Waals surface area contributed by atoms with Gasteiger partial charge in [-0.25, -0.2) is 0 Å². The van der Waals surface area contributed by atoms with Crippen molar-refractivity contribution in [2.24, 2.45) is 5.73 Å². The van der Waals surface area contributed by atoms with Crippen molar-refractivity contribution in [1.82, 2.24) is 5.32 Å². The lowest BCUT2D eigenvalue weighted by Gasteiger charge is -2.29. The van der Waals surface area contributed by atoms with Crippen LogP contribution in [0.2, 0.25) is 0 Å². The molecule has 0 bridgehead atoms. The van der Waals surface area contributed by atoms with Gasteiger partial charge in [-0.05, 0) is 32.7 Å². The van der Waals surface area contributed by atoms with E-state index in [0.29, 0.717) is 13.0 Å². The van der Waals surface area contributed by atoms with E-state index in [1.54, 1.807) is 0 Å². The van der Waals surface area contributed by atoms with E-state index in [9.17, 15) is 13.2 Å². The largest absolute Gasteiger partial charge is 0.389 e. The van der Waals surface area contributed by atoms with E-state index in [2.05, 4.69) is 5.32 Å². The highest BCUT2D eigenvalue weighted by atomic mass is 19.4. The van der Waals surface area contributed by atoms with E-state index in [0.717, 1.165) is 13.0 Å². The highest BCUT2D eigenvalue weighted by Crippen LogP contribution is 2.24. The zero-order valence-electron chi connectivity index (χ0n) is 9.45. The average molecular weight is 226 g/mol.